The Labute approximate surface area is 107 Å². The normalized spacial score (nSPS) is 10.5. The van der Waals surface area contributed by atoms with Crippen molar-refractivity contribution in [2.24, 2.45) is 5.73 Å². The van der Waals surface area contributed by atoms with Crippen LogP contribution < -0.4 is 10.6 Å². The summed E-state index contributed by atoms with van der Waals surface area (Å²) in [5, 5.41) is 1.34. The van der Waals surface area contributed by atoms with Gasteiger partial charge in [0, 0.05) is 35.4 Å². The van der Waals surface area contributed by atoms with Gasteiger partial charge in [0.1, 0.15) is 0 Å². The van der Waals surface area contributed by atoms with E-state index >= 15 is 0 Å². The summed E-state index contributed by atoms with van der Waals surface area (Å²) < 4.78 is 0. The number of hydrogen-bond donors (Lipinski definition) is 1. The smallest absolute Gasteiger partial charge is 0.0441 e. The first kappa shape index (κ1) is 13.6. The Morgan fingerprint density at radius 2 is 1.75 bits per heavy atom. The van der Waals surface area contributed by atoms with Gasteiger partial charge in [-0.1, -0.05) is 36.5 Å². The van der Waals surface area contributed by atoms with Crippen molar-refractivity contribution in [2.75, 3.05) is 24.5 Å². The van der Waals surface area contributed by atoms with Crippen LogP contribution in [-0.4, -0.2) is 19.6 Å². The van der Waals surface area contributed by atoms with E-state index in [1.54, 1.807) is 6.07 Å². The van der Waals surface area contributed by atoms with Crippen molar-refractivity contribution in [2.45, 2.75) is 19.8 Å². The van der Waals surface area contributed by atoms with Crippen LogP contribution >= 0.6 is 23.2 Å². The van der Waals surface area contributed by atoms with Crippen molar-refractivity contribution < 1.29 is 0 Å². The van der Waals surface area contributed by atoms with E-state index in [0.717, 1.165) is 31.6 Å². The third kappa shape index (κ3) is 4.20. The molecule has 0 heterocycles. The van der Waals surface area contributed by atoms with Crippen LogP contribution in [0.1, 0.15) is 19.8 Å². The van der Waals surface area contributed by atoms with Gasteiger partial charge in [0.2, 0.25) is 0 Å². The Morgan fingerprint density at radius 3 is 2.25 bits per heavy atom. The van der Waals surface area contributed by atoms with E-state index in [-0.39, 0.29) is 0 Å². The minimum Gasteiger partial charge on any atom is -0.370 e. The third-order valence-corrected chi connectivity index (χ3v) is 2.83. The third-order valence-electron chi connectivity index (χ3n) is 2.39. The van der Waals surface area contributed by atoms with Gasteiger partial charge in [-0.3, -0.25) is 0 Å². The maximum Gasteiger partial charge on any atom is 0.0441 e. The first-order valence-electron chi connectivity index (χ1n) is 5.58. The van der Waals surface area contributed by atoms with Gasteiger partial charge in [-0.25, -0.2) is 0 Å². The molecular formula is C12H18Cl2N2. The summed E-state index contributed by atoms with van der Waals surface area (Å²) in [6.45, 7) is 4.63. The summed E-state index contributed by atoms with van der Waals surface area (Å²) in [5.74, 6) is 0. The molecule has 0 saturated heterocycles. The van der Waals surface area contributed by atoms with Gasteiger partial charge in [0.25, 0.3) is 0 Å². The van der Waals surface area contributed by atoms with Crippen molar-refractivity contribution >= 4 is 28.9 Å². The Morgan fingerprint density at radius 1 is 1.12 bits per heavy atom. The maximum absolute atomic E-state index is 5.99. The predicted octanol–water partition coefficient (Wildman–Crippen LogP) is 3.56. The molecule has 90 valence electrons. The number of anilines is 1. The summed E-state index contributed by atoms with van der Waals surface area (Å²) in [7, 11) is 0. The summed E-state index contributed by atoms with van der Waals surface area (Å²) in [4.78, 5) is 2.22. The maximum atomic E-state index is 5.99. The summed E-state index contributed by atoms with van der Waals surface area (Å²) >= 11 is 12.0. The van der Waals surface area contributed by atoms with Crippen molar-refractivity contribution in [3.05, 3.63) is 28.2 Å². The minimum atomic E-state index is 0.633. The molecule has 0 amide bonds. The molecule has 0 radical (unpaired) electrons. The standard InChI is InChI=1S/C12H18Cl2N2/c1-2-3-5-16(6-4-15)12-8-10(13)7-11(14)9-12/h7-9H,2-6,15H2,1H3. The van der Waals surface area contributed by atoms with Gasteiger partial charge in [0.05, 0.1) is 0 Å². The quantitative estimate of drug-likeness (QED) is 0.848. The predicted molar refractivity (Wildman–Crippen MR) is 72.6 cm³/mol. The highest BCUT2D eigenvalue weighted by Gasteiger charge is 2.06. The second-order valence-corrected chi connectivity index (χ2v) is 4.63. The Kier molecular flexibility index (Phi) is 5.96. The molecule has 0 aliphatic carbocycles. The molecule has 0 aliphatic heterocycles. The van der Waals surface area contributed by atoms with Crippen LogP contribution in [0.4, 0.5) is 5.69 Å². The number of benzene rings is 1. The molecule has 16 heavy (non-hydrogen) atoms. The number of halogens is 2. The average molecular weight is 261 g/mol. The van der Waals surface area contributed by atoms with E-state index in [1.807, 2.05) is 12.1 Å². The second kappa shape index (κ2) is 7.00. The van der Waals surface area contributed by atoms with Crippen molar-refractivity contribution in [3.8, 4) is 0 Å². The lowest BCUT2D eigenvalue weighted by Crippen LogP contribution is -2.30. The van der Waals surface area contributed by atoms with Crippen molar-refractivity contribution in [1.29, 1.82) is 0 Å². The van der Waals surface area contributed by atoms with E-state index in [0.29, 0.717) is 16.6 Å². The number of nitrogens with zero attached hydrogens (tertiary/aromatic N) is 1. The lowest BCUT2D eigenvalue weighted by molar-refractivity contribution is 0.715. The van der Waals surface area contributed by atoms with Gasteiger partial charge in [-0.05, 0) is 24.6 Å². The Bertz CT molecular complexity index is 309. The fourth-order valence-corrected chi connectivity index (χ4v) is 2.11. The number of rotatable bonds is 6. The van der Waals surface area contributed by atoms with Gasteiger partial charge in [0.15, 0.2) is 0 Å². The second-order valence-electron chi connectivity index (χ2n) is 3.76. The van der Waals surface area contributed by atoms with Crippen LogP contribution in [0.3, 0.4) is 0 Å². The monoisotopic (exact) mass is 260 g/mol. The highest BCUT2D eigenvalue weighted by Crippen LogP contribution is 2.25. The van der Waals surface area contributed by atoms with Crippen LogP contribution in [0, 0.1) is 0 Å². The largest absolute Gasteiger partial charge is 0.370 e. The van der Waals surface area contributed by atoms with Crippen LogP contribution in [0.2, 0.25) is 10.0 Å². The Balaban J connectivity index is 2.82. The number of nitrogens with two attached hydrogens (primary N) is 1. The highest BCUT2D eigenvalue weighted by atomic mass is 35.5. The molecule has 0 fully saturated rings. The van der Waals surface area contributed by atoms with E-state index in [9.17, 15) is 0 Å². The molecule has 1 aromatic carbocycles. The van der Waals surface area contributed by atoms with E-state index < -0.39 is 0 Å². The van der Waals surface area contributed by atoms with Gasteiger partial charge in [-0.2, -0.15) is 0 Å². The first-order valence-corrected chi connectivity index (χ1v) is 6.34. The highest BCUT2D eigenvalue weighted by molar-refractivity contribution is 6.35. The van der Waals surface area contributed by atoms with Gasteiger partial charge in [-0.15, -0.1) is 0 Å². The summed E-state index contributed by atoms with van der Waals surface area (Å²) in [6, 6.07) is 5.60. The average Bonchev–Trinajstić information content (AvgIpc) is 2.22. The molecule has 2 N–H and O–H groups in total. The van der Waals surface area contributed by atoms with Crippen LogP contribution in [0.15, 0.2) is 18.2 Å². The Hall–Kier alpha value is -0.440. The lowest BCUT2D eigenvalue weighted by Gasteiger charge is -2.24. The number of hydrogen-bond acceptors (Lipinski definition) is 2. The van der Waals surface area contributed by atoms with Crippen molar-refractivity contribution in [1.82, 2.24) is 0 Å². The van der Waals surface area contributed by atoms with E-state index in [2.05, 4.69) is 11.8 Å². The van der Waals surface area contributed by atoms with E-state index in [4.69, 9.17) is 28.9 Å². The molecule has 0 spiro atoms. The lowest BCUT2D eigenvalue weighted by atomic mass is 10.2. The van der Waals surface area contributed by atoms with Crippen LogP contribution in [-0.2, 0) is 0 Å². The van der Waals surface area contributed by atoms with Crippen molar-refractivity contribution in [3.63, 3.8) is 0 Å². The van der Waals surface area contributed by atoms with E-state index in [1.165, 1.54) is 0 Å². The molecule has 0 bridgehead atoms. The summed E-state index contributed by atoms with van der Waals surface area (Å²) in [5.41, 5.74) is 6.66. The zero-order valence-corrected chi connectivity index (χ0v) is 11.1. The molecular weight excluding hydrogens is 243 g/mol. The minimum absolute atomic E-state index is 0.633. The molecule has 1 rings (SSSR count). The number of unbranched alkanes of at least 4 members (excludes halogenated alkanes) is 1. The molecule has 0 aliphatic rings. The van der Waals surface area contributed by atoms with Gasteiger partial charge < -0.3 is 10.6 Å². The molecule has 4 heteroatoms. The fourth-order valence-electron chi connectivity index (χ4n) is 1.60. The molecule has 1 aromatic rings. The molecule has 0 atom stereocenters. The summed E-state index contributed by atoms with van der Waals surface area (Å²) in [6.07, 6.45) is 2.31. The van der Waals surface area contributed by atoms with Gasteiger partial charge >= 0.3 is 0 Å². The fraction of sp³-hybridized carbons (Fsp3) is 0.500. The van der Waals surface area contributed by atoms with Crippen LogP contribution in [0.25, 0.3) is 0 Å². The SMILES string of the molecule is CCCCN(CCN)c1cc(Cl)cc(Cl)c1. The first-order chi connectivity index (χ1) is 7.67. The molecule has 0 saturated carbocycles. The molecule has 2 nitrogen and oxygen atoms in total. The molecule has 0 unspecified atom stereocenters. The van der Waals surface area contributed by atoms with Crippen LogP contribution in [0.5, 0.6) is 0 Å². The zero-order valence-electron chi connectivity index (χ0n) is 9.55. The zero-order chi connectivity index (χ0) is 12.0. The topological polar surface area (TPSA) is 29.3 Å². The molecule has 0 aromatic heterocycles.